The maximum absolute atomic E-state index is 14.0. The van der Waals surface area contributed by atoms with Crippen LogP contribution in [0, 0.1) is 19.7 Å². The Morgan fingerprint density at radius 3 is 2.00 bits per heavy atom. The standard InChI is InChI=1S/C18H17FN4/c1-12-7-3-5-9-15(12)21-17-14(19)11-20-18(23-17)22-16-10-6-4-8-13(16)2/h3-11H,1-2H3,(H2,20,21,22,23). The number of benzene rings is 2. The topological polar surface area (TPSA) is 49.8 Å². The molecule has 0 aliphatic carbocycles. The molecule has 2 N–H and O–H groups in total. The molecule has 0 atom stereocenters. The molecule has 0 aliphatic rings. The van der Waals surface area contributed by atoms with Crippen LogP contribution in [-0.2, 0) is 0 Å². The SMILES string of the molecule is Cc1ccccc1Nc1ncc(F)c(Nc2ccccc2C)n1. The van der Waals surface area contributed by atoms with Gasteiger partial charge in [-0.25, -0.2) is 9.37 Å². The number of hydrogen-bond donors (Lipinski definition) is 2. The van der Waals surface area contributed by atoms with Crippen molar-refractivity contribution in [1.82, 2.24) is 9.97 Å². The van der Waals surface area contributed by atoms with Crippen LogP contribution in [0.2, 0.25) is 0 Å². The van der Waals surface area contributed by atoms with Gasteiger partial charge in [-0.1, -0.05) is 36.4 Å². The van der Waals surface area contributed by atoms with Crippen molar-refractivity contribution in [1.29, 1.82) is 0 Å². The van der Waals surface area contributed by atoms with Gasteiger partial charge >= 0.3 is 0 Å². The average molecular weight is 308 g/mol. The Morgan fingerprint density at radius 1 is 0.826 bits per heavy atom. The Hall–Kier alpha value is -2.95. The van der Waals surface area contributed by atoms with Crippen molar-refractivity contribution in [3.63, 3.8) is 0 Å². The highest BCUT2D eigenvalue weighted by Gasteiger charge is 2.09. The molecule has 0 saturated carbocycles. The highest BCUT2D eigenvalue weighted by molar-refractivity contribution is 5.63. The van der Waals surface area contributed by atoms with Crippen molar-refractivity contribution in [3.05, 3.63) is 71.7 Å². The summed E-state index contributed by atoms with van der Waals surface area (Å²) in [6, 6.07) is 15.4. The summed E-state index contributed by atoms with van der Waals surface area (Å²) in [7, 11) is 0. The van der Waals surface area contributed by atoms with Gasteiger partial charge in [-0.15, -0.1) is 0 Å². The number of nitrogens with zero attached hydrogens (tertiary/aromatic N) is 2. The average Bonchev–Trinajstić information content (AvgIpc) is 2.55. The number of aryl methyl sites for hydroxylation is 2. The number of rotatable bonds is 4. The Kier molecular flexibility index (Phi) is 4.19. The van der Waals surface area contributed by atoms with Crippen molar-refractivity contribution in [2.45, 2.75) is 13.8 Å². The van der Waals surface area contributed by atoms with Crippen LogP contribution in [-0.4, -0.2) is 9.97 Å². The third-order valence-electron chi connectivity index (χ3n) is 3.53. The number of aromatic nitrogens is 2. The first kappa shape index (κ1) is 15.0. The summed E-state index contributed by atoms with van der Waals surface area (Å²) >= 11 is 0. The fourth-order valence-corrected chi connectivity index (χ4v) is 2.19. The van der Waals surface area contributed by atoms with Crippen LogP contribution in [0.3, 0.4) is 0 Å². The summed E-state index contributed by atoms with van der Waals surface area (Å²) < 4.78 is 14.0. The van der Waals surface area contributed by atoms with Crippen molar-refractivity contribution in [3.8, 4) is 0 Å². The Balaban J connectivity index is 1.88. The molecule has 0 bridgehead atoms. The lowest BCUT2D eigenvalue weighted by Crippen LogP contribution is -2.04. The van der Waals surface area contributed by atoms with Gasteiger partial charge in [0.05, 0.1) is 6.20 Å². The molecule has 3 aromatic rings. The van der Waals surface area contributed by atoms with Gasteiger partial charge in [-0.05, 0) is 37.1 Å². The fraction of sp³-hybridized carbons (Fsp3) is 0.111. The first-order chi connectivity index (χ1) is 11.1. The number of para-hydroxylation sites is 2. The van der Waals surface area contributed by atoms with E-state index >= 15 is 0 Å². The summed E-state index contributed by atoms with van der Waals surface area (Å²) in [4.78, 5) is 8.24. The smallest absolute Gasteiger partial charge is 0.229 e. The largest absolute Gasteiger partial charge is 0.337 e. The molecular formula is C18H17FN4. The highest BCUT2D eigenvalue weighted by Crippen LogP contribution is 2.23. The molecule has 116 valence electrons. The maximum Gasteiger partial charge on any atom is 0.229 e. The molecule has 1 aromatic heterocycles. The van der Waals surface area contributed by atoms with Gasteiger partial charge in [0, 0.05) is 11.4 Å². The van der Waals surface area contributed by atoms with Crippen LogP contribution in [0.4, 0.5) is 27.5 Å². The number of hydrogen-bond acceptors (Lipinski definition) is 4. The van der Waals surface area contributed by atoms with Gasteiger partial charge < -0.3 is 10.6 Å². The lowest BCUT2D eigenvalue weighted by molar-refractivity contribution is 0.619. The molecule has 5 heteroatoms. The Morgan fingerprint density at radius 2 is 1.39 bits per heavy atom. The number of anilines is 4. The molecule has 23 heavy (non-hydrogen) atoms. The van der Waals surface area contributed by atoms with Crippen LogP contribution >= 0.6 is 0 Å². The Bertz CT molecular complexity index is 833. The highest BCUT2D eigenvalue weighted by atomic mass is 19.1. The van der Waals surface area contributed by atoms with Gasteiger partial charge in [-0.3, -0.25) is 0 Å². The molecule has 0 unspecified atom stereocenters. The fourth-order valence-electron chi connectivity index (χ4n) is 2.19. The van der Waals surface area contributed by atoms with Crippen LogP contribution < -0.4 is 10.6 Å². The van der Waals surface area contributed by atoms with Crippen molar-refractivity contribution in [2.24, 2.45) is 0 Å². The third-order valence-corrected chi connectivity index (χ3v) is 3.53. The minimum absolute atomic E-state index is 0.144. The third kappa shape index (κ3) is 3.45. The zero-order chi connectivity index (χ0) is 16.2. The molecule has 4 nitrogen and oxygen atoms in total. The second-order valence-electron chi connectivity index (χ2n) is 5.27. The lowest BCUT2D eigenvalue weighted by atomic mass is 10.2. The van der Waals surface area contributed by atoms with Crippen LogP contribution in [0.5, 0.6) is 0 Å². The summed E-state index contributed by atoms with van der Waals surface area (Å²) in [5.74, 6) is -0.00856. The first-order valence-corrected chi connectivity index (χ1v) is 7.31. The van der Waals surface area contributed by atoms with E-state index in [2.05, 4.69) is 20.6 Å². The number of nitrogens with one attached hydrogen (secondary N) is 2. The second-order valence-corrected chi connectivity index (χ2v) is 5.27. The summed E-state index contributed by atoms with van der Waals surface area (Å²) in [6.07, 6.45) is 1.16. The summed E-state index contributed by atoms with van der Waals surface area (Å²) in [5.41, 5.74) is 3.78. The Labute approximate surface area is 134 Å². The van der Waals surface area contributed by atoms with E-state index in [1.165, 1.54) is 0 Å². The zero-order valence-corrected chi connectivity index (χ0v) is 13.0. The van der Waals surface area contributed by atoms with E-state index in [1.54, 1.807) is 0 Å². The van der Waals surface area contributed by atoms with Gasteiger partial charge in [0.15, 0.2) is 11.6 Å². The minimum Gasteiger partial charge on any atom is -0.337 e. The van der Waals surface area contributed by atoms with E-state index in [1.807, 2.05) is 62.4 Å². The molecule has 2 aromatic carbocycles. The molecule has 0 saturated heterocycles. The van der Waals surface area contributed by atoms with Crippen molar-refractivity contribution in [2.75, 3.05) is 10.6 Å². The molecule has 1 heterocycles. The molecular weight excluding hydrogens is 291 g/mol. The molecule has 0 spiro atoms. The van der Waals surface area contributed by atoms with Crippen molar-refractivity contribution >= 4 is 23.1 Å². The van der Waals surface area contributed by atoms with Crippen LogP contribution in [0.25, 0.3) is 0 Å². The lowest BCUT2D eigenvalue weighted by Gasteiger charge is -2.12. The summed E-state index contributed by atoms with van der Waals surface area (Å²) in [6.45, 7) is 3.94. The van der Waals surface area contributed by atoms with E-state index in [0.717, 1.165) is 28.7 Å². The van der Waals surface area contributed by atoms with Gasteiger partial charge in [0.25, 0.3) is 0 Å². The van der Waals surface area contributed by atoms with E-state index in [0.29, 0.717) is 5.95 Å². The van der Waals surface area contributed by atoms with Crippen LogP contribution in [0.1, 0.15) is 11.1 Å². The van der Waals surface area contributed by atoms with E-state index < -0.39 is 5.82 Å². The molecule has 3 rings (SSSR count). The molecule has 0 aliphatic heterocycles. The predicted octanol–water partition coefficient (Wildman–Crippen LogP) is 4.72. The first-order valence-electron chi connectivity index (χ1n) is 7.31. The van der Waals surface area contributed by atoms with Crippen LogP contribution in [0.15, 0.2) is 54.7 Å². The predicted molar refractivity (Wildman–Crippen MR) is 90.9 cm³/mol. The van der Waals surface area contributed by atoms with E-state index in [-0.39, 0.29) is 5.82 Å². The molecule has 0 fully saturated rings. The normalized spacial score (nSPS) is 10.4. The van der Waals surface area contributed by atoms with Crippen molar-refractivity contribution < 1.29 is 4.39 Å². The van der Waals surface area contributed by atoms with Gasteiger partial charge in [0.1, 0.15) is 0 Å². The maximum atomic E-state index is 14.0. The summed E-state index contributed by atoms with van der Waals surface area (Å²) in [5, 5.41) is 6.13. The van der Waals surface area contributed by atoms with Gasteiger partial charge in [-0.2, -0.15) is 4.98 Å². The zero-order valence-electron chi connectivity index (χ0n) is 13.0. The minimum atomic E-state index is -0.497. The van der Waals surface area contributed by atoms with Gasteiger partial charge in [0.2, 0.25) is 5.95 Å². The van der Waals surface area contributed by atoms with E-state index in [4.69, 9.17) is 0 Å². The molecule has 0 amide bonds. The number of halogens is 1. The monoisotopic (exact) mass is 308 g/mol. The quantitative estimate of drug-likeness (QED) is 0.732. The van der Waals surface area contributed by atoms with E-state index in [9.17, 15) is 4.39 Å². The second kappa shape index (κ2) is 6.44. The molecule has 0 radical (unpaired) electrons.